The molecule has 1 unspecified atom stereocenters. The maximum Gasteiger partial charge on any atom is 0.333 e. The first-order valence-electron chi connectivity index (χ1n) is 8.28. The van der Waals surface area contributed by atoms with Gasteiger partial charge in [0, 0.05) is 5.56 Å². The van der Waals surface area contributed by atoms with Crippen LogP contribution in [0.15, 0.2) is 54.6 Å². The van der Waals surface area contributed by atoms with Crippen molar-refractivity contribution in [3.05, 3.63) is 60.2 Å². The fraction of sp³-hybridized carbons (Fsp3) is 0.300. The summed E-state index contributed by atoms with van der Waals surface area (Å²) in [4.78, 5) is 26.6. The van der Waals surface area contributed by atoms with Crippen LogP contribution in [0, 0.1) is 0 Å². The molecule has 1 atom stereocenters. The van der Waals surface area contributed by atoms with Crippen LogP contribution in [0.25, 0.3) is 0 Å². The molecule has 1 saturated heterocycles. The predicted molar refractivity (Wildman–Crippen MR) is 94.7 cm³/mol. The van der Waals surface area contributed by atoms with Crippen molar-refractivity contribution in [3.63, 3.8) is 0 Å². The monoisotopic (exact) mass is 355 g/mol. The van der Waals surface area contributed by atoms with Gasteiger partial charge in [0.1, 0.15) is 17.0 Å². The van der Waals surface area contributed by atoms with Crippen LogP contribution < -0.4 is 9.47 Å². The van der Waals surface area contributed by atoms with Crippen molar-refractivity contribution >= 4 is 11.9 Å². The first-order valence-corrected chi connectivity index (χ1v) is 8.28. The summed E-state index contributed by atoms with van der Waals surface area (Å²) in [6.07, 6.45) is -0.796. The third-order valence-corrected chi connectivity index (χ3v) is 4.33. The Morgan fingerprint density at radius 1 is 1.08 bits per heavy atom. The van der Waals surface area contributed by atoms with Gasteiger partial charge in [-0.05, 0) is 50.2 Å². The van der Waals surface area contributed by atoms with Gasteiger partial charge in [-0.15, -0.1) is 0 Å². The number of ether oxygens (including phenoxy) is 3. The Hall–Kier alpha value is -3.02. The molecule has 0 aliphatic carbocycles. The molecule has 2 aromatic carbocycles. The number of para-hydroxylation sites is 1. The zero-order chi connectivity index (χ0) is 18.7. The summed E-state index contributed by atoms with van der Waals surface area (Å²) >= 11 is 0. The molecule has 0 saturated carbocycles. The molecule has 0 radical (unpaired) electrons. The van der Waals surface area contributed by atoms with Crippen molar-refractivity contribution < 1.29 is 23.8 Å². The minimum atomic E-state index is -1.08. The SMILES string of the molecule is COc1ccc(C2OC(=O)C(C)(C)N2C(=O)COc2ccccc2)cc1. The number of benzene rings is 2. The molecule has 6 nitrogen and oxygen atoms in total. The van der Waals surface area contributed by atoms with Crippen molar-refractivity contribution in [2.24, 2.45) is 0 Å². The maximum absolute atomic E-state index is 12.8. The summed E-state index contributed by atoms with van der Waals surface area (Å²) in [5, 5.41) is 0. The lowest BCUT2D eigenvalue weighted by molar-refractivity contribution is -0.144. The fourth-order valence-corrected chi connectivity index (χ4v) is 2.85. The molecule has 1 fully saturated rings. The lowest BCUT2D eigenvalue weighted by Crippen LogP contribution is -2.49. The van der Waals surface area contributed by atoms with Crippen LogP contribution in [0.1, 0.15) is 25.6 Å². The summed E-state index contributed by atoms with van der Waals surface area (Å²) in [7, 11) is 1.57. The minimum Gasteiger partial charge on any atom is -0.497 e. The molecular weight excluding hydrogens is 334 g/mol. The predicted octanol–water partition coefficient (Wildman–Crippen LogP) is 2.94. The largest absolute Gasteiger partial charge is 0.497 e. The number of hydrogen-bond donors (Lipinski definition) is 0. The molecule has 3 rings (SSSR count). The van der Waals surface area contributed by atoms with Gasteiger partial charge in [0.15, 0.2) is 6.61 Å². The molecular formula is C20H21NO5. The standard InChI is InChI=1S/C20H21NO5/c1-20(2)19(23)26-18(14-9-11-15(24-3)12-10-14)21(20)17(22)13-25-16-7-5-4-6-8-16/h4-12,18H,13H2,1-3H3. The molecule has 1 aliphatic heterocycles. The highest BCUT2D eigenvalue weighted by Crippen LogP contribution is 2.38. The van der Waals surface area contributed by atoms with Crippen molar-refractivity contribution in [2.45, 2.75) is 25.6 Å². The lowest BCUT2D eigenvalue weighted by atomic mass is 10.0. The number of esters is 1. The Balaban J connectivity index is 1.81. The first kappa shape index (κ1) is 17.8. The highest BCUT2D eigenvalue weighted by Gasteiger charge is 2.51. The van der Waals surface area contributed by atoms with E-state index in [9.17, 15) is 9.59 Å². The van der Waals surface area contributed by atoms with Crippen molar-refractivity contribution in [1.29, 1.82) is 0 Å². The lowest BCUT2D eigenvalue weighted by Gasteiger charge is -2.30. The zero-order valence-electron chi connectivity index (χ0n) is 15.0. The number of nitrogens with zero attached hydrogens (tertiary/aromatic N) is 1. The number of cyclic esters (lactones) is 1. The number of carbonyl (C=O) groups is 2. The Morgan fingerprint density at radius 2 is 1.73 bits per heavy atom. The van der Waals surface area contributed by atoms with Crippen molar-refractivity contribution in [3.8, 4) is 11.5 Å². The second-order valence-corrected chi connectivity index (χ2v) is 6.46. The van der Waals surface area contributed by atoms with Crippen molar-refractivity contribution in [1.82, 2.24) is 4.90 Å². The molecule has 1 heterocycles. The highest BCUT2D eigenvalue weighted by atomic mass is 16.6. The topological polar surface area (TPSA) is 65.1 Å². The first-order chi connectivity index (χ1) is 12.4. The van der Waals surface area contributed by atoms with Crippen LogP contribution in [-0.4, -0.2) is 36.0 Å². The quantitative estimate of drug-likeness (QED) is 0.772. The Bertz CT molecular complexity index is 786. The Kier molecular flexibility index (Phi) is 4.84. The number of hydrogen-bond acceptors (Lipinski definition) is 5. The van der Waals surface area contributed by atoms with Crippen LogP contribution in [-0.2, 0) is 14.3 Å². The molecule has 1 amide bonds. The van der Waals surface area contributed by atoms with Crippen LogP contribution >= 0.6 is 0 Å². The van der Waals surface area contributed by atoms with E-state index in [1.54, 1.807) is 57.4 Å². The Morgan fingerprint density at radius 3 is 2.35 bits per heavy atom. The number of amides is 1. The summed E-state index contributed by atoms with van der Waals surface area (Å²) < 4.78 is 16.2. The minimum absolute atomic E-state index is 0.184. The van der Waals surface area contributed by atoms with E-state index in [0.717, 1.165) is 0 Å². The van der Waals surface area contributed by atoms with E-state index in [4.69, 9.17) is 14.2 Å². The van der Waals surface area contributed by atoms with Gasteiger partial charge in [-0.3, -0.25) is 9.69 Å². The molecule has 26 heavy (non-hydrogen) atoms. The van der Waals surface area contributed by atoms with Crippen LogP contribution in [0.4, 0.5) is 0 Å². The molecule has 136 valence electrons. The van der Waals surface area contributed by atoms with Crippen LogP contribution in [0.3, 0.4) is 0 Å². The van der Waals surface area contributed by atoms with Gasteiger partial charge >= 0.3 is 5.97 Å². The number of methoxy groups -OCH3 is 1. The molecule has 0 bridgehead atoms. The zero-order valence-corrected chi connectivity index (χ0v) is 15.0. The number of rotatable bonds is 5. The maximum atomic E-state index is 12.8. The molecule has 0 aromatic heterocycles. The third kappa shape index (κ3) is 3.35. The van der Waals surface area contributed by atoms with Gasteiger partial charge in [-0.25, -0.2) is 4.79 Å². The average molecular weight is 355 g/mol. The normalized spacial score (nSPS) is 18.3. The van der Waals surface area contributed by atoms with E-state index < -0.39 is 17.7 Å². The van der Waals surface area contributed by atoms with Gasteiger partial charge in [-0.2, -0.15) is 0 Å². The molecule has 0 N–H and O–H groups in total. The van der Waals surface area contributed by atoms with E-state index >= 15 is 0 Å². The third-order valence-electron chi connectivity index (χ3n) is 4.33. The molecule has 6 heteroatoms. The smallest absolute Gasteiger partial charge is 0.333 e. The van der Waals surface area contributed by atoms with E-state index in [0.29, 0.717) is 17.1 Å². The van der Waals surface area contributed by atoms with E-state index in [-0.39, 0.29) is 12.5 Å². The molecule has 1 aliphatic rings. The van der Waals surface area contributed by atoms with Gasteiger partial charge in [-0.1, -0.05) is 18.2 Å². The van der Waals surface area contributed by atoms with Gasteiger partial charge in [0.2, 0.25) is 6.23 Å². The van der Waals surface area contributed by atoms with Crippen LogP contribution in [0.2, 0.25) is 0 Å². The molecule has 0 spiro atoms. The number of carbonyl (C=O) groups excluding carboxylic acids is 2. The van der Waals surface area contributed by atoms with E-state index in [2.05, 4.69) is 0 Å². The van der Waals surface area contributed by atoms with E-state index in [1.807, 2.05) is 18.2 Å². The fourth-order valence-electron chi connectivity index (χ4n) is 2.85. The van der Waals surface area contributed by atoms with E-state index in [1.165, 1.54) is 4.90 Å². The summed E-state index contributed by atoms with van der Waals surface area (Å²) in [6, 6.07) is 16.1. The highest BCUT2D eigenvalue weighted by molar-refractivity contribution is 5.91. The summed E-state index contributed by atoms with van der Waals surface area (Å²) in [5.41, 5.74) is -0.389. The second kappa shape index (κ2) is 7.07. The summed E-state index contributed by atoms with van der Waals surface area (Å²) in [6.45, 7) is 3.15. The van der Waals surface area contributed by atoms with Gasteiger partial charge in [0.05, 0.1) is 7.11 Å². The average Bonchev–Trinajstić information content (AvgIpc) is 2.90. The second-order valence-electron chi connectivity index (χ2n) is 6.46. The summed E-state index contributed by atoms with van der Waals surface area (Å²) in [5.74, 6) is 0.491. The van der Waals surface area contributed by atoms with Crippen LogP contribution in [0.5, 0.6) is 11.5 Å². The Labute approximate surface area is 152 Å². The molecule has 2 aromatic rings. The van der Waals surface area contributed by atoms with Gasteiger partial charge in [0.25, 0.3) is 5.91 Å². The van der Waals surface area contributed by atoms with Gasteiger partial charge < -0.3 is 14.2 Å². The van der Waals surface area contributed by atoms with Crippen molar-refractivity contribution in [2.75, 3.05) is 13.7 Å².